The molecule has 1 amide bonds. The number of anilines is 1. The highest BCUT2D eigenvalue weighted by atomic mass is 32.1. The Kier molecular flexibility index (Phi) is 6.44. The van der Waals surface area contributed by atoms with E-state index in [1.807, 2.05) is 11.3 Å². The third-order valence-corrected chi connectivity index (χ3v) is 8.37. The summed E-state index contributed by atoms with van der Waals surface area (Å²) >= 11 is 1.93. The molecule has 2 aromatic heterocycles. The van der Waals surface area contributed by atoms with Gasteiger partial charge in [0.25, 0.3) is 0 Å². The molecule has 1 aliphatic heterocycles. The molecule has 0 atom stereocenters. The number of rotatable bonds is 7. The molecular formula is C25H36N4OS. The van der Waals surface area contributed by atoms with Crippen LogP contribution in [0.15, 0.2) is 0 Å². The molecule has 1 saturated carbocycles. The zero-order valence-electron chi connectivity index (χ0n) is 19.0. The average molecular weight is 441 g/mol. The molecule has 0 unspecified atom stereocenters. The number of piperazine rings is 1. The second-order valence-corrected chi connectivity index (χ2v) is 10.7. The SMILES string of the molecule is CCCCCCC(=O)N1CCN(c2nc(C3CC3)nc3sc4c(c23)CCCCC4)CC1. The molecule has 5 rings (SSSR count). The van der Waals surface area contributed by atoms with Crippen molar-refractivity contribution in [1.29, 1.82) is 0 Å². The van der Waals surface area contributed by atoms with Gasteiger partial charge < -0.3 is 9.80 Å². The van der Waals surface area contributed by atoms with E-state index >= 15 is 0 Å². The van der Waals surface area contributed by atoms with Crippen LogP contribution in [-0.2, 0) is 17.6 Å². The molecule has 0 aromatic carbocycles. The Morgan fingerprint density at radius 1 is 1.00 bits per heavy atom. The van der Waals surface area contributed by atoms with Crippen LogP contribution in [0.1, 0.15) is 93.3 Å². The number of carbonyl (C=O) groups is 1. The number of thiophene rings is 1. The van der Waals surface area contributed by atoms with E-state index < -0.39 is 0 Å². The molecule has 2 fully saturated rings. The zero-order chi connectivity index (χ0) is 21.2. The van der Waals surface area contributed by atoms with Crippen molar-refractivity contribution in [1.82, 2.24) is 14.9 Å². The summed E-state index contributed by atoms with van der Waals surface area (Å²) in [6, 6.07) is 0. The molecule has 3 heterocycles. The Labute approximate surface area is 190 Å². The van der Waals surface area contributed by atoms with Gasteiger partial charge in [0.2, 0.25) is 5.91 Å². The second-order valence-electron chi connectivity index (χ2n) is 9.60. The van der Waals surface area contributed by atoms with E-state index in [9.17, 15) is 4.79 Å². The van der Waals surface area contributed by atoms with Crippen molar-refractivity contribution in [3.8, 4) is 0 Å². The van der Waals surface area contributed by atoms with E-state index in [-0.39, 0.29) is 0 Å². The van der Waals surface area contributed by atoms with Crippen LogP contribution in [0.2, 0.25) is 0 Å². The molecule has 5 nitrogen and oxygen atoms in total. The summed E-state index contributed by atoms with van der Waals surface area (Å²) in [7, 11) is 0. The first-order valence-corrected chi connectivity index (χ1v) is 13.4. The number of amides is 1. The van der Waals surface area contributed by atoms with Crippen molar-refractivity contribution in [2.75, 3.05) is 31.1 Å². The molecule has 0 spiro atoms. The predicted octanol–water partition coefficient (Wildman–Crippen LogP) is 5.46. The minimum atomic E-state index is 0.339. The highest BCUT2D eigenvalue weighted by Crippen LogP contribution is 2.44. The maximum atomic E-state index is 12.6. The van der Waals surface area contributed by atoms with E-state index in [1.54, 1.807) is 4.88 Å². The van der Waals surface area contributed by atoms with Crippen molar-refractivity contribution >= 4 is 33.3 Å². The molecule has 0 bridgehead atoms. The maximum Gasteiger partial charge on any atom is 0.222 e. The van der Waals surface area contributed by atoms with Gasteiger partial charge in [-0.15, -0.1) is 11.3 Å². The molecule has 168 valence electrons. The van der Waals surface area contributed by atoms with E-state index in [1.165, 1.54) is 85.8 Å². The molecule has 6 heteroatoms. The van der Waals surface area contributed by atoms with Gasteiger partial charge in [0.05, 0.1) is 5.39 Å². The number of hydrogen-bond acceptors (Lipinski definition) is 5. The number of unbranched alkanes of at least 4 members (excludes halogenated alkanes) is 3. The van der Waals surface area contributed by atoms with Crippen LogP contribution in [0, 0.1) is 0 Å². The Balaban J connectivity index is 1.35. The van der Waals surface area contributed by atoms with Crippen LogP contribution in [0.3, 0.4) is 0 Å². The lowest BCUT2D eigenvalue weighted by Crippen LogP contribution is -2.49. The molecule has 2 aromatic rings. The number of aryl methyl sites for hydroxylation is 2. The molecule has 3 aliphatic rings. The van der Waals surface area contributed by atoms with Crippen LogP contribution in [0.5, 0.6) is 0 Å². The molecule has 31 heavy (non-hydrogen) atoms. The van der Waals surface area contributed by atoms with Gasteiger partial charge >= 0.3 is 0 Å². The Bertz CT molecular complexity index is 927. The van der Waals surface area contributed by atoms with Crippen molar-refractivity contribution < 1.29 is 4.79 Å². The summed E-state index contributed by atoms with van der Waals surface area (Å²) in [6.07, 6.45) is 14.1. The molecule has 1 saturated heterocycles. The average Bonchev–Trinajstić information content (AvgIpc) is 3.61. The Morgan fingerprint density at radius 2 is 1.81 bits per heavy atom. The van der Waals surface area contributed by atoms with Gasteiger partial charge in [0.15, 0.2) is 0 Å². The monoisotopic (exact) mass is 440 g/mol. The smallest absolute Gasteiger partial charge is 0.222 e. The molecular weight excluding hydrogens is 404 g/mol. The molecule has 0 radical (unpaired) electrons. The highest BCUT2D eigenvalue weighted by Gasteiger charge is 2.31. The van der Waals surface area contributed by atoms with Crippen LogP contribution >= 0.6 is 11.3 Å². The third-order valence-electron chi connectivity index (χ3n) is 7.18. The summed E-state index contributed by atoms with van der Waals surface area (Å²) in [5.41, 5.74) is 1.53. The number of fused-ring (bicyclic) bond motifs is 3. The van der Waals surface area contributed by atoms with Gasteiger partial charge in [-0.3, -0.25) is 4.79 Å². The van der Waals surface area contributed by atoms with Crippen LogP contribution < -0.4 is 4.90 Å². The van der Waals surface area contributed by atoms with Gasteiger partial charge in [-0.25, -0.2) is 9.97 Å². The minimum Gasteiger partial charge on any atom is -0.352 e. The van der Waals surface area contributed by atoms with E-state index in [0.717, 1.165) is 38.4 Å². The second kappa shape index (κ2) is 9.43. The summed E-state index contributed by atoms with van der Waals surface area (Å²) in [5, 5.41) is 1.34. The van der Waals surface area contributed by atoms with E-state index in [2.05, 4.69) is 16.7 Å². The van der Waals surface area contributed by atoms with Crippen molar-refractivity contribution in [3.63, 3.8) is 0 Å². The Hall–Kier alpha value is -1.69. The Morgan fingerprint density at radius 3 is 2.58 bits per heavy atom. The number of nitrogens with zero attached hydrogens (tertiary/aromatic N) is 4. The largest absolute Gasteiger partial charge is 0.352 e. The molecule has 0 N–H and O–H groups in total. The van der Waals surface area contributed by atoms with Gasteiger partial charge in [-0.2, -0.15) is 0 Å². The highest BCUT2D eigenvalue weighted by molar-refractivity contribution is 7.19. The first-order chi connectivity index (χ1) is 15.2. The summed E-state index contributed by atoms with van der Waals surface area (Å²) in [4.78, 5) is 30.1. The summed E-state index contributed by atoms with van der Waals surface area (Å²) < 4.78 is 0. The van der Waals surface area contributed by atoms with Crippen molar-refractivity contribution in [3.05, 3.63) is 16.3 Å². The number of carbonyl (C=O) groups excluding carboxylic acids is 1. The lowest BCUT2D eigenvalue weighted by molar-refractivity contribution is -0.131. The van der Waals surface area contributed by atoms with E-state index in [0.29, 0.717) is 18.2 Å². The lowest BCUT2D eigenvalue weighted by atomic mass is 10.1. The zero-order valence-corrected chi connectivity index (χ0v) is 19.8. The first kappa shape index (κ1) is 21.2. The summed E-state index contributed by atoms with van der Waals surface area (Å²) in [6.45, 7) is 5.64. The first-order valence-electron chi connectivity index (χ1n) is 12.6. The fourth-order valence-electron chi connectivity index (χ4n) is 5.11. The fraction of sp³-hybridized carbons (Fsp3) is 0.720. The number of aromatic nitrogens is 2. The quantitative estimate of drug-likeness (QED) is 0.424. The van der Waals surface area contributed by atoms with Crippen molar-refractivity contribution in [2.24, 2.45) is 0 Å². The lowest BCUT2D eigenvalue weighted by Gasteiger charge is -2.36. The predicted molar refractivity (Wildman–Crippen MR) is 128 cm³/mol. The van der Waals surface area contributed by atoms with Gasteiger partial charge in [-0.1, -0.05) is 32.6 Å². The minimum absolute atomic E-state index is 0.339. The van der Waals surface area contributed by atoms with Crippen LogP contribution in [-0.4, -0.2) is 47.0 Å². The molecule has 2 aliphatic carbocycles. The van der Waals surface area contributed by atoms with E-state index in [4.69, 9.17) is 9.97 Å². The van der Waals surface area contributed by atoms with Gasteiger partial charge in [0.1, 0.15) is 16.5 Å². The van der Waals surface area contributed by atoms with Gasteiger partial charge in [0, 0.05) is 43.4 Å². The van der Waals surface area contributed by atoms with Crippen LogP contribution in [0.25, 0.3) is 10.2 Å². The standard InChI is InChI=1S/C25H36N4OS/c1-2-3-4-8-11-21(30)28-14-16-29(17-15-28)24-22-19-9-6-5-7-10-20(19)31-25(22)27-23(26-24)18-12-13-18/h18H,2-17H2,1H3. The normalized spacial score (nSPS) is 19.5. The summed E-state index contributed by atoms with van der Waals surface area (Å²) in [5.74, 6) is 3.14. The van der Waals surface area contributed by atoms with Gasteiger partial charge in [-0.05, 0) is 50.5 Å². The fourth-order valence-corrected chi connectivity index (χ4v) is 6.38. The van der Waals surface area contributed by atoms with Crippen LogP contribution in [0.4, 0.5) is 5.82 Å². The third kappa shape index (κ3) is 4.59. The van der Waals surface area contributed by atoms with Crippen molar-refractivity contribution in [2.45, 2.75) is 89.9 Å². The number of hydrogen-bond donors (Lipinski definition) is 0. The topological polar surface area (TPSA) is 49.3 Å². The maximum absolute atomic E-state index is 12.6.